The summed E-state index contributed by atoms with van der Waals surface area (Å²) in [5.41, 5.74) is 0.372. The van der Waals surface area contributed by atoms with E-state index in [0.29, 0.717) is 25.2 Å². The fourth-order valence-electron chi connectivity index (χ4n) is 2.81. The van der Waals surface area contributed by atoms with E-state index in [0.717, 1.165) is 0 Å². The molecule has 0 aromatic heterocycles. The van der Waals surface area contributed by atoms with Crippen LogP contribution < -0.4 is 15.5 Å². The highest BCUT2D eigenvalue weighted by molar-refractivity contribution is 5.72. The van der Waals surface area contributed by atoms with E-state index in [-0.39, 0.29) is 18.3 Å². The molecule has 1 aromatic rings. The summed E-state index contributed by atoms with van der Waals surface area (Å²) < 4.78 is 19.5. The molecule has 0 bridgehead atoms. The summed E-state index contributed by atoms with van der Waals surface area (Å²) in [6, 6.07) is 4.65. The van der Waals surface area contributed by atoms with Crippen molar-refractivity contribution >= 4 is 17.5 Å². The maximum atomic E-state index is 14.2. The van der Waals surface area contributed by atoms with E-state index in [1.54, 1.807) is 32.9 Å². The van der Waals surface area contributed by atoms with Crippen molar-refractivity contribution in [1.29, 1.82) is 0 Å². The summed E-state index contributed by atoms with van der Waals surface area (Å²) in [6.07, 6.45) is -0.718. The van der Waals surface area contributed by atoms with Gasteiger partial charge >= 0.3 is 6.09 Å². The summed E-state index contributed by atoms with van der Waals surface area (Å²) >= 11 is 0. The quantitative estimate of drug-likeness (QED) is 0.610. The van der Waals surface area contributed by atoms with Crippen molar-refractivity contribution in [3.8, 4) is 0 Å². The van der Waals surface area contributed by atoms with Crippen LogP contribution in [0.4, 0.5) is 20.6 Å². The first-order chi connectivity index (χ1) is 12.2. The van der Waals surface area contributed by atoms with Gasteiger partial charge in [-0.05, 0) is 39.3 Å². The lowest BCUT2D eigenvalue weighted by Crippen LogP contribution is -2.40. The Morgan fingerprint density at radius 3 is 2.85 bits per heavy atom. The molecular weight excluding hydrogens is 341 g/mol. The largest absolute Gasteiger partial charge is 0.444 e. The second-order valence-corrected chi connectivity index (χ2v) is 7.43. The Hall–Kier alpha value is -2.06. The lowest BCUT2D eigenvalue weighted by molar-refractivity contribution is 0.0509. The van der Waals surface area contributed by atoms with Crippen LogP contribution in [0.2, 0.25) is 0 Å². The molecule has 2 atom stereocenters. The van der Waals surface area contributed by atoms with Crippen LogP contribution in [0.5, 0.6) is 0 Å². The number of hydrogen-bond donors (Lipinski definition) is 4. The molecular formula is C18H28FN3O4. The first kappa shape index (κ1) is 20.3. The van der Waals surface area contributed by atoms with Gasteiger partial charge in [0.2, 0.25) is 0 Å². The Kier molecular flexibility index (Phi) is 6.66. The zero-order valence-electron chi connectivity index (χ0n) is 15.5. The first-order valence-corrected chi connectivity index (χ1v) is 8.75. The van der Waals surface area contributed by atoms with Crippen molar-refractivity contribution < 1.29 is 24.1 Å². The average molecular weight is 369 g/mol. The van der Waals surface area contributed by atoms with Crippen molar-refractivity contribution in [1.82, 2.24) is 5.32 Å². The molecule has 2 rings (SSSR count). The molecule has 1 amide bonds. The van der Waals surface area contributed by atoms with Crippen LogP contribution in [-0.4, -0.2) is 60.3 Å². The molecule has 1 fully saturated rings. The monoisotopic (exact) mass is 369 g/mol. The number of rotatable bonds is 6. The number of anilines is 2. The Morgan fingerprint density at radius 1 is 1.46 bits per heavy atom. The summed E-state index contributed by atoms with van der Waals surface area (Å²) in [5.74, 6) is -0.434. The maximum absolute atomic E-state index is 14.2. The molecule has 1 aliphatic rings. The van der Waals surface area contributed by atoms with Gasteiger partial charge in [0.15, 0.2) is 0 Å². The molecule has 1 heterocycles. The number of benzene rings is 1. The van der Waals surface area contributed by atoms with Gasteiger partial charge in [-0.15, -0.1) is 0 Å². The van der Waals surface area contributed by atoms with Gasteiger partial charge in [0.25, 0.3) is 0 Å². The van der Waals surface area contributed by atoms with Gasteiger partial charge in [-0.2, -0.15) is 0 Å². The summed E-state index contributed by atoms with van der Waals surface area (Å²) in [7, 11) is 0. The molecule has 2 unspecified atom stereocenters. The normalized spacial score (nSPS) is 18.5. The van der Waals surface area contributed by atoms with Crippen LogP contribution in [0.15, 0.2) is 18.2 Å². The minimum Gasteiger partial charge on any atom is -0.444 e. The summed E-state index contributed by atoms with van der Waals surface area (Å²) in [4.78, 5) is 13.9. The Morgan fingerprint density at radius 2 is 2.19 bits per heavy atom. The molecule has 0 radical (unpaired) electrons. The number of carbonyl (C=O) groups is 1. The Bertz CT molecular complexity index is 621. The van der Waals surface area contributed by atoms with Crippen molar-refractivity contribution in [3.05, 3.63) is 24.0 Å². The average Bonchev–Trinajstić information content (AvgIpc) is 2.99. The van der Waals surface area contributed by atoms with E-state index in [2.05, 4.69) is 10.6 Å². The third kappa shape index (κ3) is 5.74. The van der Waals surface area contributed by atoms with Gasteiger partial charge in [0.1, 0.15) is 11.4 Å². The fourth-order valence-corrected chi connectivity index (χ4v) is 2.81. The minimum atomic E-state index is -0.970. The van der Waals surface area contributed by atoms with E-state index in [1.807, 2.05) is 4.90 Å². The number of carbonyl (C=O) groups excluding carboxylic acids is 1. The molecule has 1 aromatic carbocycles. The van der Waals surface area contributed by atoms with E-state index < -0.39 is 30.2 Å². The van der Waals surface area contributed by atoms with Crippen molar-refractivity contribution in [3.63, 3.8) is 0 Å². The van der Waals surface area contributed by atoms with Crippen LogP contribution in [0.1, 0.15) is 27.2 Å². The van der Waals surface area contributed by atoms with Crippen LogP contribution in [-0.2, 0) is 4.74 Å². The number of alkyl carbamates (subject to hydrolysis) is 1. The number of aliphatic hydroxyl groups excluding tert-OH is 2. The standard InChI is InChI=1S/C18H28FN3O4/c1-18(2,3)26-17(25)21-12-7-8-22(10-12)15-6-4-5-14(19)16(15)20-9-13(24)11-23/h4-6,12-13,20,23-24H,7-11H2,1-3H3,(H,21,25). The Labute approximate surface area is 153 Å². The minimum absolute atomic E-state index is 0.0395. The van der Waals surface area contributed by atoms with Crippen LogP contribution in [0.3, 0.4) is 0 Å². The molecule has 7 nitrogen and oxygen atoms in total. The number of ether oxygens (including phenoxy) is 1. The lowest BCUT2D eigenvalue weighted by Gasteiger charge is -2.24. The van der Waals surface area contributed by atoms with E-state index in [4.69, 9.17) is 9.84 Å². The van der Waals surface area contributed by atoms with Crippen molar-refractivity contribution in [2.45, 2.75) is 44.9 Å². The molecule has 146 valence electrons. The number of nitrogens with zero attached hydrogens (tertiary/aromatic N) is 1. The molecule has 0 spiro atoms. The van der Waals surface area contributed by atoms with Crippen molar-refractivity contribution in [2.24, 2.45) is 0 Å². The van der Waals surface area contributed by atoms with Crippen molar-refractivity contribution in [2.75, 3.05) is 36.5 Å². The topological polar surface area (TPSA) is 94.1 Å². The molecule has 0 aliphatic carbocycles. The smallest absolute Gasteiger partial charge is 0.407 e. The third-order valence-electron chi connectivity index (χ3n) is 3.97. The maximum Gasteiger partial charge on any atom is 0.407 e. The zero-order chi connectivity index (χ0) is 19.3. The molecule has 8 heteroatoms. The predicted octanol–water partition coefficient (Wildman–Crippen LogP) is 1.69. The van der Waals surface area contributed by atoms with E-state index in [1.165, 1.54) is 6.07 Å². The van der Waals surface area contributed by atoms with E-state index >= 15 is 0 Å². The predicted molar refractivity (Wildman–Crippen MR) is 98.0 cm³/mol. The summed E-state index contributed by atoms with van der Waals surface area (Å²) in [5, 5.41) is 24.1. The van der Waals surface area contributed by atoms with Crippen LogP contribution in [0, 0.1) is 5.82 Å². The second kappa shape index (κ2) is 8.55. The highest BCUT2D eigenvalue weighted by Gasteiger charge is 2.28. The molecule has 26 heavy (non-hydrogen) atoms. The third-order valence-corrected chi connectivity index (χ3v) is 3.97. The SMILES string of the molecule is CC(C)(C)OC(=O)NC1CCN(c2cccc(F)c2NCC(O)CO)C1. The van der Waals surface area contributed by atoms with E-state index in [9.17, 15) is 14.3 Å². The van der Waals surface area contributed by atoms with Crippen LogP contribution >= 0.6 is 0 Å². The fraction of sp³-hybridized carbons (Fsp3) is 0.611. The molecule has 0 saturated carbocycles. The van der Waals surface area contributed by atoms with Gasteiger partial charge in [-0.25, -0.2) is 9.18 Å². The number of amides is 1. The van der Waals surface area contributed by atoms with Crippen LogP contribution in [0.25, 0.3) is 0 Å². The van der Waals surface area contributed by atoms with Gasteiger partial charge in [-0.3, -0.25) is 0 Å². The lowest BCUT2D eigenvalue weighted by atomic mass is 10.2. The second-order valence-electron chi connectivity index (χ2n) is 7.43. The molecule has 1 saturated heterocycles. The number of halogens is 1. The first-order valence-electron chi connectivity index (χ1n) is 8.75. The summed E-state index contributed by atoms with van der Waals surface area (Å²) in [6.45, 7) is 6.23. The molecule has 1 aliphatic heterocycles. The number of hydrogen-bond acceptors (Lipinski definition) is 6. The number of aliphatic hydroxyl groups is 2. The zero-order valence-corrected chi connectivity index (χ0v) is 15.5. The highest BCUT2D eigenvalue weighted by atomic mass is 19.1. The van der Waals surface area contributed by atoms with Gasteiger partial charge in [0, 0.05) is 19.6 Å². The van der Waals surface area contributed by atoms with Gasteiger partial charge < -0.3 is 30.5 Å². The van der Waals surface area contributed by atoms with Gasteiger partial charge in [0.05, 0.1) is 30.1 Å². The number of nitrogens with one attached hydrogen (secondary N) is 2. The van der Waals surface area contributed by atoms with Gasteiger partial charge in [-0.1, -0.05) is 6.07 Å². The molecule has 4 N–H and O–H groups in total. The number of para-hydroxylation sites is 1. The highest BCUT2D eigenvalue weighted by Crippen LogP contribution is 2.31. The Balaban J connectivity index is 2.01.